The van der Waals surface area contributed by atoms with Gasteiger partial charge in [-0.2, -0.15) is 5.26 Å². The molecule has 1 atom stereocenters. The van der Waals surface area contributed by atoms with E-state index >= 15 is 0 Å². The van der Waals surface area contributed by atoms with Crippen LogP contribution in [0.5, 0.6) is 5.75 Å². The number of nitriles is 1. The number of halogens is 1. The normalized spacial score (nSPS) is 18.0. The van der Waals surface area contributed by atoms with E-state index in [1.807, 2.05) is 18.2 Å². The van der Waals surface area contributed by atoms with Gasteiger partial charge in [0.15, 0.2) is 0 Å². The highest BCUT2D eigenvalue weighted by Crippen LogP contribution is 2.42. The molecule has 1 aliphatic rings. The molecule has 2 aromatic carbocycles. The number of thioether (sulfide) groups is 1. The quantitative estimate of drug-likeness (QED) is 0.599. The third kappa shape index (κ3) is 3.98. The van der Waals surface area contributed by atoms with Crippen LogP contribution < -0.4 is 15.4 Å². The average molecular weight is 414 g/mol. The number of carbonyl (C=O) groups is 2. The molecule has 0 saturated carbocycles. The number of hydrogen-bond acceptors (Lipinski definition) is 5. The molecular formula is C20H16ClN3O3S. The number of carbonyl (C=O) groups excluding carboxylic acids is 2. The van der Waals surface area contributed by atoms with E-state index in [0.717, 1.165) is 17.3 Å². The molecule has 28 heavy (non-hydrogen) atoms. The van der Waals surface area contributed by atoms with Crippen LogP contribution in [-0.4, -0.2) is 24.2 Å². The van der Waals surface area contributed by atoms with Crippen LogP contribution in [0, 0.1) is 11.3 Å². The molecule has 8 heteroatoms. The summed E-state index contributed by atoms with van der Waals surface area (Å²) in [5.41, 5.74) is 6.54. The van der Waals surface area contributed by atoms with Crippen molar-refractivity contribution >= 4 is 40.9 Å². The summed E-state index contributed by atoms with van der Waals surface area (Å²) in [4.78, 5) is 26.3. The molecule has 0 aliphatic carbocycles. The molecule has 2 amide bonds. The number of amides is 2. The van der Waals surface area contributed by atoms with Crippen molar-refractivity contribution in [3.63, 3.8) is 0 Å². The van der Waals surface area contributed by atoms with E-state index in [1.54, 1.807) is 36.4 Å². The number of nitrogens with two attached hydrogens (primary N) is 1. The number of nitrogens with zero attached hydrogens (tertiary/aromatic N) is 2. The highest BCUT2D eigenvalue weighted by molar-refractivity contribution is 8.05. The Labute approximate surface area is 171 Å². The number of hydrogen-bond donors (Lipinski definition) is 1. The second-order valence-electron chi connectivity index (χ2n) is 5.97. The van der Waals surface area contributed by atoms with Gasteiger partial charge in [-0.05, 0) is 36.2 Å². The Kier molecular flexibility index (Phi) is 5.93. The molecule has 1 heterocycles. The molecule has 0 bridgehead atoms. The molecule has 1 saturated heterocycles. The van der Waals surface area contributed by atoms with Gasteiger partial charge in [0.2, 0.25) is 5.91 Å². The molecule has 0 aromatic heterocycles. The zero-order valence-corrected chi connectivity index (χ0v) is 16.5. The van der Waals surface area contributed by atoms with Crippen LogP contribution in [0.25, 0.3) is 0 Å². The smallest absolute Gasteiger partial charge is 0.262 e. The topological polar surface area (TPSA) is 96.4 Å². The first-order valence-corrected chi connectivity index (χ1v) is 9.53. The average Bonchev–Trinajstić information content (AvgIpc) is 3.00. The molecule has 142 valence electrons. The van der Waals surface area contributed by atoms with E-state index in [2.05, 4.69) is 0 Å². The Morgan fingerprint density at radius 3 is 2.64 bits per heavy atom. The van der Waals surface area contributed by atoms with Crippen LogP contribution in [0.4, 0.5) is 5.69 Å². The first-order chi connectivity index (χ1) is 13.4. The van der Waals surface area contributed by atoms with Crippen molar-refractivity contribution in [3.8, 4) is 11.8 Å². The van der Waals surface area contributed by atoms with Crippen molar-refractivity contribution in [1.29, 1.82) is 5.26 Å². The van der Waals surface area contributed by atoms with Crippen molar-refractivity contribution in [2.75, 3.05) is 12.0 Å². The van der Waals surface area contributed by atoms with E-state index in [4.69, 9.17) is 22.1 Å². The van der Waals surface area contributed by atoms with E-state index in [9.17, 15) is 14.9 Å². The fourth-order valence-electron chi connectivity index (χ4n) is 2.82. The van der Waals surface area contributed by atoms with Crippen LogP contribution in [0.3, 0.4) is 0 Å². The minimum Gasteiger partial charge on any atom is -0.497 e. The van der Waals surface area contributed by atoms with Gasteiger partial charge in [0, 0.05) is 11.1 Å². The molecule has 1 fully saturated rings. The fourth-order valence-corrected chi connectivity index (χ4v) is 4.26. The molecule has 6 nitrogen and oxygen atoms in total. The number of rotatable bonds is 5. The molecular weight excluding hydrogens is 398 g/mol. The summed E-state index contributed by atoms with van der Waals surface area (Å²) in [7, 11) is 1.52. The van der Waals surface area contributed by atoms with Crippen molar-refractivity contribution in [3.05, 3.63) is 69.7 Å². The maximum Gasteiger partial charge on any atom is 0.262 e. The van der Waals surface area contributed by atoms with Crippen LogP contribution in [0.2, 0.25) is 5.02 Å². The molecule has 0 spiro atoms. The van der Waals surface area contributed by atoms with E-state index in [0.29, 0.717) is 22.9 Å². The molecule has 2 N–H and O–H groups in total. The van der Waals surface area contributed by atoms with Gasteiger partial charge in [0.25, 0.3) is 5.91 Å². The highest BCUT2D eigenvalue weighted by Gasteiger charge is 2.40. The van der Waals surface area contributed by atoms with E-state index in [-0.39, 0.29) is 16.5 Å². The summed E-state index contributed by atoms with van der Waals surface area (Å²) in [6, 6.07) is 15.9. The van der Waals surface area contributed by atoms with Crippen LogP contribution in [-0.2, 0) is 16.0 Å². The summed E-state index contributed by atoms with van der Waals surface area (Å²) in [5, 5.41) is 9.74. The second kappa shape index (κ2) is 8.38. The van der Waals surface area contributed by atoms with Crippen molar-refractivity contribution in [1.82, 2.24) is 0 Å². The maximum absolute atomic E-state index is 13.2. The van der Waals surface area contributed by atoms with Crippen LogP contribution in [0.15, 0.2) is 59.1 Å². The molecule has 0 unspecified atom stereocenters. The largest absolute Gasteiger partial charge is 0.497 e. The number of ether oxygens (including phenoxy) is 1. The monoisotopic (exact) mass is 413 g/mol. The van der Waals surface area contributed by atoms with E-state index < -0.39 is 11.2 Å². The number of benzene rings is 2. The first-order valence-electron chi connectivity index (χ1n) is 8.28. The Bertz CT molecular complexity index is 999. The van der Waals surface area contributed by atoms with Crippen molar-refractivity contribution < 1.29 is 14.3 Å². The minimum atomic E-state index is -0.877. The zero-order valence-electron chi connectivity index (χ0n) is 14.9. The van der Waals surface area contributed by atoms with E-state index in [1.165, 1.54) is 12.0 Å². The Balaban J connectivity index is 2.03. The molecule has 3 rings (SSSR count). The van der Waals surface area contributed by atoms with Gasteiger partial charge in [0.05, 0.1) is 18.0 Å². The van der Waals surface area contributed by atoms with Gasteiger partial charge >= 0.3 is 0 Å². The highest BCUT2D eigenvalue weighted by atomic mass is 35.5. The molecule has 2 aromatic rings. The Morgan fingerprint density at radius 2 is 2.04 bits per heavy atom. The minimum absolute atomic E-state index is 0.229. The first kappa shape index (κ1) is 19.8. The summed E-state index contributed by atoms with van der Waals surface area (Å²) in [6.45, 7) is 0. The number of anilines is 1. The van der Waals surface area contributed by atoms with Gasteiger partial charge in [-0.15, -0.1) is 0 Å². The standard InChI is InChI=1S/C20H16ClN3O3S/c1-27-15-4-2-3-14(10-15)24-19(26)17(9-12-5-7-13(21)8-6-12)28-20(24)16(11-22)18(23)25/h2-8,10,17H,9H2,1H3,(H2,23,25)/b20-16+/t17-/m1/s1. The predicted molar refractivity (Wildman–Crippen MR) is 109 cm³/mol. The Morgan fingerprint density at radius 1 is 1.32 bits per heavy atom. The maximum atomic E-state index is 13.2. The third-order valence-corrected chi connectivity index (χ3v) is 5.69. The van der Waals surface area contributed by atoms with Gasteiger partial charge in [-0.25, -0.2) is 0 Å². The van der Waals surface area contributed by atoms with Crippen molar-refractivity contribution in [2.24, 2.45) is 5.73 Å². The third-order valence-electron chi connectivity index (χ3n) is 4.17. The molecule has 1 aliphatic heterocycles. The van der Waals surface area contributed by atoms with Crippen LogP contribution >= 0.6 is 23.4 Å². The molecule has 0 radical (unpaired) electrons. The predicted octanol–water partition coefficient (Wildman–Crippen LogP) is 3.26. The fraction of sp³-hybridized carbons (Fsp3) is 0.150. The van der Waals surface area contributed by atoms with Gasteiger partial charge in [0.1, 0.15) is 22.4 Å². The van der Waals surface area contributed by atoms with Crippen molar-refractivity contribution in [2.45, 2.75) is 11.7 Å². The number of primary amides is 1. The lowest BCUT2D eigenvalue weighted by Crippen LogP contribution is -2.31. The SMILES string of the molecule is COc1cccc(N2C(=O)[C@@H](Cc3ccc(Cl)cc3)S/C2=C(\C#N)C(N)=O)c1. The summed E-state index contributed by atoms with van der Waals surface area (Å²) < 4.78 is 5.22. The summed E-state index contributed by atoms with van der Waals surface area (Å²) in [5.74, 6) is -0.566. The van der Waals surface area contributed by atoms with Gasteiger partial charge < -0.3 is 10.5 Å². The Hall–Kier alpha value is -2.95. The van der Waals surface area contributed by atoms with Gasteiger partial charge in [-0.1, -0.05) is 41.6 Å². The van der Waals surface area contributed by atoms with Gasteiger partial charge in [-0.3, -0.25) is 14.5 Å². The zero-order chi connectivity index (χ0) is 20.3. The number of methoxy groups -OCH3 is 1. The lowest BCUT2D eigenvalue weighted by molar-refractivity contribution is -0.117. The summed E-state index contributed by atoms with van der Waals surface area (Å²) in [6.07, 6.45) is 0.419. The van der Waals surface area contributed by atoms with Crippen LogP contribution in [0.1, 0.15) is 5.56 Å². The summed E-state index contributed by atoms with van der Waals surface area (Å²) >= 11 is 7.07. The second-order valence-corrected chi connectivity index (χ2v) is 7.60. The lowest BCUT2D eigenvalue weighted by Gasteiger charge is -2.18. The lowest BCUT2D eigenvalue weighted by atomic mass is 10.1.